The first kappa shape index (κ1) is 14.0. The summed E-state index contributed by atoms with van der Waals surface area (Å²) in [6, 6.07) is 7.79. The van der Waals surface area contributed by atoms with Crippen molar-refractivity contribution in [1.29, 1.82) is 0 Å². The highest BCUT2D eigenvalue weighted by Gasteiger charge is 2.09. The van der Waals surface area contributed by atoms with E-state index in [9.17, 15) is 4.79 Å². The van der Waals surface area contributed by atoms with Gasteiger partial charge in [0.15, 0.2) is 0 Å². The fraction of sp³-hybridized carbons (Fsp3) is 0.312. The van der Waals surface area contributed by atoms with Gasteiger partial charge in [-0.3, -0.25) is 4.79 Å². The van der Waals surface area contributed by atoms with Gasteiger partial charge in [-0.15, -0.1) is 6.42 Å². The summed E-state index contributed by atoms with van der Waals surface area (Å²) >= 11 is 0. The summed E-state index contributed by atoms with van der Waals surface area (Å²) in [4.78, 5) is 11.7. The van der Waals surface area contributed by atoms with E-state index in [1.807, 2.05) is 48.9 Å². The summed E-state index contributed by atoms with van der Waals surface area (Å²) in [5.74, 6) is 3.12. The number of hydrogen-bond donors (Lipinski definition) is 1. The molecule has 1 N–H and O–H groups in total. The first-order chi connectivity index (χ1) is 9.61. The van der Waals surface area contributed by atoms with Crippen LogP contribution in [0.5, 0.6) is 5.75 Å². The maximum absolute atomic E-state index is 11.7. The molecule has 1 aromatic carbocycles. The Balaban J connectivity index is 2.24. The Morgan fingerprint density at radius 3 is 2.95 bits per heavy atom. The number of fused-ring (bicyclic) bond motifs is 1. The predicted molar refractivity (Wildman–Crippen MR) is 79.5 cm³/mol. The molecule has 1 aromatic heterocycles. The van der Waals surface area contributed by atoms with E-state index in [0.29, 0.717) is 0 Å². The lowest BCUT2D eigenvalue weighted by atomic mass is 10.2. The van der Waals surface area contributed by atoms with Crippen molar-refractivity contribution < 1.29 is 9.53 Å². The van der Waals surface area contributed by atoms with Crippen LogP contribution in [0.25, 0.3) is 10.9 Å². The quantitative estimate of drug-likeness (QED) is 0.846. The molecule has 0 aliphatic rings. The molecule has 0 saturated heterocycles. The molecule has 0 fully saturated rings. The Labute approximate surface area is 118 Å². The zero-order valence-corrected chi connectivity index (χ0v) is 11.7. The average Bonchev–Trinajstić information content (AvgIpc) is 2.80. The molecule has 0 atom stereocenters. The van der Waals surface area contributed by atoms with Crippen LogP contribution in [-0.4, -0.2) is 23.1 Å². The molecule has 0 aliphatic heterocycles. The van der Waals surface area contributed by atoms with Crippen LogP contribution in [0.15, 0.2) is 30.5 Å². The van der Waals surface area contributed by atoms with Gasteiger partial charge in [-0.2, -0.15) is 0 Å². The Morgan fingerprint density at radius 2 is 2.25 bits per heavy atom. The third kappa shape index (κ3) is 3.12. The molecule has 4 nitrogen and oxygen atoms in total. The summed E-state index contributed by atoms with van der Waals surface area (Å²) in [7, 11) is 0. The van der Waals surface area contributed by atoms with Gasteiger partial charge in [0.1, 0.15) is 12.3 Å². The fourth-order valence-electron chi connectivity index (χ4n) is 2.05. The van der Waals surface area contributed by atoms with Crippen molar-refractivity contribution in [3.63, 3.8) is 0 Å². The summed E-state index contributed by atoms with van der Waals surface area (Å²) in [5, 5.41) is 3.66. The van der Waals surface area contributed by atoms with Gasteiger partial charge in [-0.1, -0.05) is 12.0 Å². The van der Waals surface area contributed by atoms with Crippen LogP contribution >= 0.6 is 0 Å². The third-order valence-electron chi connectivity index (χ3n) is 2.84. The minimum absolute atomic E-state index is 0.101. The molecule has 0 bridgehead atoms. The Morgan fingerprint density at radius 1 is 1.45 bits per heavy atom. The van der Waals surface area contributed by atoms with Gasteiger partial charge in [0.25, 0.3) is 0 Å². The smallest absolute Gasteiger partial charge is 0.240 e. The summed E-state index contributed by atoms with van der Waals surface area (Å²) in [6.07, 6.45) is 7.11. The number of rotatable bonds is 5. The van der Waals surface area contributed by atoms with Crippen molar-refractivity contribution in [2.75, 3.05) is 6.54 Å². The lowest BCUT2D eigenvalue weighted by Gasteiger charge is -2.11. The summed E-state index contributed by atoms with van der Waals surface area (Å²) < 4.78 is 7.65. The number of hydrogen-bond acceptors (Lipinski definition) is 2. The lowest BCUT2D eigenvalue weighted by molar-refractivity contribution is -0.121. The van der Waals surface area contributed by atoms with Crippen LogP contribution in [0.1, 0.15) is 13.8 Å². The Bertz CT molecular complexity index is 650. The normalized spacial score (nSPS) is 10.5. The minimum Gasteiger partial charge on any atom is -0.490 e. The average molecular weight is 270 g/mol. The van der Waals surface area contributed by atoms with Crippen LogP contribution in [0.4, 0.5) is 0 Å². The maximum Gasteiger partial charge on any atom is 0.240 e. The van der Waals surface area contributed by atoms with Crippen LogP contribution in [0.3, 0.4) is 0 Å². The zero-order valence-electron chi connectivity index (χ0n) is 11.7. The highest BCUT2D eigenvalue weighted by atomic mass is 16.5. The molecule has 0 radical (unpaired) electrons. The van der Waals surface area contributed by atoms with Crippen LogP contribution in [0, 0.1) is 12.3 Å². The van der Waals surface area contributed by atoms with E-state index in [0.717, 1.165) is 16.7 Å². The van der Waals surface area contributed by atoms with Crippen molar-refractivity contribution in [3.8, 4) is 18.1 Å². The van der Waals surface area contributed by atoms with E-state index in [1.54, 1.807) is 0 Å². The van der Waals surface area contributed by atoms with Gasteiger partial charge in [-0.25, -0.2) is 0 Å². The molecule has 1 amide bonds. The van der Waals surface area contributed by atoms with E-state index in [1.165, 1.54) is 0 Å². The molecule has 0 saturated carbocycles. The second kappa shape index (κ2) is 6.16. The summed E-state index contributed by atoms with van der Waals surface area (Å²) in [5.41, 5.74) is 0.971. The largest absolute Gasteiger partial charge is 0.490 e. The first-order valence-electron chi connectivity index (χ1n) is 6.56. The van der Waals surface area contributed by atoms with Gasteiger partial charge in [-0.05, 0) is 32.0 Å². The number of nitrogens with one attached hydrogen (secondary N) is 1. The van der Waals surface area contributed by atoms with E-state index in [4.69, 9.17) is 11.2 Å². The molecular formula is C16H18N2O2. The topological polar surface area (TPSA) is 43.3 Å². The molecular weight excluding hydrogens is 252 g/mol. The molecule has 20 heavy (non-hydrogen) atoms. The van der Waals surface area contributed by atoms with E-state index < -0.39 is 0 Å². The lowest BCUT2D eigenvalue weighted by Crippen LogP contribution is -2.27. The number of carbonyl (C=O) groups is 1. The highest BCUT2D eigenvalue weighted by molar-refractivity contribution is 5.88. The van der Waals surface area contributed by atoms with Crippen LogP contribution in [0.2, 0.25) is 0 Å². The second-order valence-electron chi connectivity index (χ2n) is 4.78. The standard InChI is InChI=1S/C16H18N2O2/c1-4-9-17-16(19)11-18-10-8-13-14(18)6-5-7-15(13)20-12(2)3/h1,5-8,10,12H,9,11H2,2-3H3,(H,17,19). The van der Waals surface area contributed by atoms with Crippen molar-refractivity contribution >= 4 is 16.8 Å². The van der Waals surface area contributed by atoms with E-state index >= 15 is 0 Å². The van der Waals surface area contributed by atoms with E-state index in [2.05, 4.69) is 11.2 Å². The Kier molecular flexibility index (Phi) is 4.31. The molecule has 0 unspecified atom stereocenters. The van der Waals surface area contributed by atoms with E-state index in [-0.39, 0.29) is 25.1 Å². The predicted octanol–water partition coefficient (Wildman–Crippen LogP) is 2.18. The van der Waals surface area contributed by atoms with Gasteiger partial charge in [0, 0.05) is 11.6 Å². The molecule has 1 heterocycles. The number of aromatic nitrogens is 1. The third-order valence-corrected chi connectivity index (χ3v) is 2.84. The molecule has 4 heteroatoms. The van der Waals surface area contributed by atoms with Gasteiger partial charge in [0.2, 0.25) is 5.91 Å². The van der Waals surface area contributed by atoms with Crippen molar-refractivity contribution in [2.24, 2.45) is 0 Å². The Hall–Kier alpha value is -2.41. The number of benzene rings is 1. The van der Waals surface area contributed by atoms with Crippen molar-refractivity contribution in [3.05, 3.63) is 30.5 Å². The van der Waals surface area contributed by atoms with Gasteiger partial charge in [0.05, 0.1) is 18.2 Å². The number of nitrogens with zero attached hydrogens (tertiary/aromatic N) is 1. The molecule has 0 spiro atoms. The molecule has 104 valence electrons. The molecule has 2 aromatic rings. The van der Waals surface area contributed by atoms with Crippen LogP contribution in [-0.2, 0) is 11.3 Å². The zero-order chi connectivity index (χ0) is 14.5. The van der Waals surface area contributed by atoms with Crippen molar-refractivity contribution in [1.82, 2.24) is 9.88 Å². The number of ether oxygens (including phenoxy) is 1. The molecule has 2 rings (SSSR count). The first-order valence-corrected chi connectivity index (χ1v) is 6.56. The highest BCUT2D eigenvalue weighted by Crippen LogP contribution is 2.27. The number of carbonyl (C=O) groups excluding carboxylic acids is 1. The fourth-order valence-corrected chi connectivity index (χ4v) is 2.05. The van der Waals surface area contributed by atoms with Gasteiger partial charge < -0.3 is 14.6 Å². The summed E-state index contributed by atoms with van der Waals surface area (Å²) in [6.45, 7) is 4.47. The van der Waals surface area contributed by atoms with Crippen molar-refractivity contribution in [2.45, 2.75) is 26.5 Å². The van der Waals surface area contributed by atoms with Crippen LogP contribution < -0.4 is 10.1 Å². The number of amides is 1. The number of terminal acetylenes is 1. The minimum atomic E-state index is -0.101. The SMILES string of the molecule is C#CCNC(=O)Cn1ccc2c(OC(C)C)cccc21. The monoisotopic (exact) mass is 270 g/mol. The maximum atomic E-state index is 11.7. The second-order valence-corrected chi connectivity index (χ2v) is 4.78. The molecule has 0 aliphatic carbocycles. The van der Waals surface area contributed by atoms with Gasteiger partial charge >= 0.3 is 0 Å².